The first-order valence-electron chi connectivity index (χ1n) is 8.22. The number of amides is 1. The van der Waals surface area contributed by atoms with Gasteiger partial charge in [-0.05, 0) is 43.5 Å². The van der Waals surface area contributed by atoms with Crippen LogP contribution >= 0.6 is 0 Å². The number of H-pyrrole nitrogens is 1. The highest BCUT2D eigenvalue weighted by Crippen LogP contribution is 2.29. The maximum absolute atomic E-state index is 12.6. The largest absolute Gasteiger partial charge is 0.463 e. The summed E-state index contributed by atoms with van der Waals surface area (Å²) in [4.78, 5) is 27.6. The van der Waals surface area contributed by atoms with Gasteiger partial charge in [-0.2, -0.15) is 5.10 Å². The van der Waals surface area contributed by atoms with Crippen LogP contribution in [0.2, 0.25) is 0 Å². The van der Waals surface area contributed by atoms with E-state index >= 15 is 0 Å². The summed E-state index contributed by atoms with van der Waals surface area (Å²) in [7, 11) is 1.90. The minimum atomic E-state index is -0.436. The van der Waals surface area contributed by atoms with Crippen LogP contribution in [0.5, 0.6) is 0 Å². The number of hydrogen-bond acceptors (Lipinski definition) is 4. The number of aromatic nitrogens is 3. The molecule has 0 saturated carbocycles. The van der Waals surface area contributed by atoms with Crippen molar-refractivity contribution < 1.29 is 9.21 Å². The second-order valence-corrected chi connectivity index (χ2v) is 6.18. The normalized spacial score (nSPS) is 16.4. The van der Waals surface area contributed by atoms with Crippen molar-refractivity contribution in [3.63, 3.8) is 0 Å². The fourth-order valence-electron chi connectivity index (χ4n) is 3.32. The Morgan fingerprint density at radius 2 is 2.28 bits per heavy atom. The zero-order valence-electron chi connectivity index (χ0n) is 13.8. The van der Waals surface area contributed by atoms with Crippen molar-refractivity contribution in [2.45, 2.75) is 25.3 Å². The second-order valence-electron chi connectivity index (χ2n) is 6.18. The van der Waals surface area contributed by atoms with Gasteiger partial charge in [0.05, 0.1) is 24.2 Å². The Hall–Kier alpha value is -3.09. The molecule has 4 rings (SSSR count). The second kappa shape index (κ2) is 6.08. The fraction of sp³-hybridized carbons (Fsp3) is 0.278. The summed E-state index contributed by atoms with van der Waals surface area (Å²) < 4.78 is 7.10. The minimum absolute atomic E-state index is 0.0892. The van der Waals surface area contributed by atoms with Crippen molar-refractivity contribution in [3.8, 4) is 11.5 Å². The molecule has 7 nitrogen and oxygen atoms in total. The van der Waals surface area contributed by atoms with Crippen LogP contribution < -0.4 is 10.9 Å². The van der Waals surface area contributed by atoms with Crippen molar-refractivity contribution in [1.82, 2.24) is 20.1 Å². The van der Waals surface area contributed by atoms with E-state index in [0.29, 0.717) is 11.5 Å². The van der Waals surface area contributed by atoms with Crippen LogP contribution in [0.3, 0.4) is 0 Å². The third-order valence-corrected chi connectivity index (χ3v) is 4.62. The van der Waals surface area contributed by atoms with E-state index in [-0.39, 0.29) is 17.5 Å². The molecule has 0 aromatic carbocycles. The first-order chi connectivity index (χ1) is 12.1. The lowest BCUT2D eigenvalue weighted by molar-refractivity contribution is 0.0931. The minimum Gasteiger partial charge on any atom is -0.463 e. The fourth-order valence-corrected chi connectivity index (χ4v) is 3.32. The van der Waals surface area contributed by atoms with E-state index in [4.69, 9.17) is 4.42 Å². The Morgan fingerprint density at radius 3 is 3.04 bits per heavy atom. The van der Waals surface area contributed by atoms with Gasteiger partial charge in [0.1, 0.15) is 11.3 Å². The first kappa shape index (κ1) is 15.4. The van der Waals surface area contributed by atoms with Crippen LogP contribution in [0.1, 0.15) is 40.5 Å². The van der Waals surface area contributed by atoms with E-state index in [1.54, 1.807) is 24.4 Å². The number of nitrogens with one attached hydrogen (secondary N) is 2. The molecule has 0 fully saturated rings. The van der Waals surface area contributed by atoms with Crippen molar-refractivity contribution >= 4 is 5.91 Å². The van der Waals surface area contributed by atoms with Gasteiger partial charge in [0, 0.05) is 18.3 Å². The quantitative estimate of drug-likeness (QED) is 0.765. The molecule has 1 amide bonds. The Labute approximate surface area is 143 Å². The molecule has 0 saturated heterocycles. The number of carbonyl (C=O) groups excluding carboxylic acids is 1. The Balaban J connectivity index is 1.57. The molecule has 0 spiro atoms. The van der Waals surface area contributed by atoms with E-state index in [0.717, 1.165) is 30.5 Å². The van der Waals surface area contributed by atoms with Gasteiger partial charge in [-0.3, -0.25) is 14.3 Å². The summed E-state index contributed by atoms with van der Waals surface area (Å²) in [6.45, 7) is 0. The molecule has 0 bridgehead atoms. The van der Waals surface area contributed by atoms with E-state index in [1.165, 1.54) is 12.3 Å². The molecule has 3 heterocycles. The number of pyridine rings is 1. The molecule has 7 heteroatoms. The number of hydrogen-bond donors (Lipinski definition) is 2. The van der Waals surface area contributed by atoms with Gasteiger partial charge < -0.3 is 14.7 Å². The highest BCUT2D eigenvalue weighted by molar-refractivity contribution is 5.94. The van der Waals surface area contributed by atoms with Crippen LogP contribution in [0.15, 0.2) is 45.9 Å². The van der Waals surface area contributed by atoms with E-state index < -0.39 is 5.56 Å². The highest BCUT2D eigenvalue weighted by atomic mass is 16.3. The lowest BCUT2D eigenvalue weighted by Gasteiger charge is -2.23. The summed E-state index contributed by atoms with van der Waals surface area (Å²) in [5, 5.41) is 7.24. The predicted octanol–water partition coefficient (Wildman–Crippen LogP) is 2.18. The number of fused-ring (bicyclic) bond motifs is 1. The van der Waals surface area contributed by atoms with Crippen LogP contribution in [0, 0.1) is 0 Å². The van der Waals surface area contributed by atoms with Gasteiger partial charge in [0.25, 0.3) is 11.5 Å². The number of nitrogens with zero attached hydrogens (tertiary/aromatic N) is 2. The molecule has 3 aromatic rings. The van der Waals surface area contributed by atoms with Crippen molar-refractivity contribution in [3.05, 3.63) is 63.9 Å². The van der Waals surface area contributed by atoms with Gasteiger partial charge in [-0.15, -0.1) is 0 Å². The molecule has 3 aromatic heterocycles. The summed E-state index contributed by atoms with van der Waals surface area (Å²) in [6, 6.07) is 6.57. The topological polar surface area (TPSA) is 92.9 Å². The van der Waals surface area contributed by atoms with Gasteiger partial charge in [-0.25, -0.2) is 0 Å². The van der Waals surface area contributed by atoms with E-state index in [9.17, 15) is 9.59 Å². The zero-order valence-corrected chi connectivity index (χ0v) is 13.8. The number of carbonyl (C=O) groups is 1. The summed E-state index contributed by atoms with van der Waals surface area (Å²) >= 11 is 0. The van der Waals surface area contributed by atoms with Gasteiger partial charge in [0.2, 0.25) is 0 Å². The maximum Gasteiger partial charge on any atom is 0.261 e. The van der Waals surface area contributed by atoms with Gasteiger partial charge in [0.15, 0.2) is 0 Å². The monoisotopic (exact) mass is 338 g/mol. The molecule has 1 atom stereocenters. The third kappa shape index (κ3) is 2.77. The number of rotatable bonds is 3. The predicted molar refractivity (Wildman–Crippen MR) is 91.1 cm³/mol. The summed E-state index contributed by atoms with van der Waals surface area (Å²) in [6.07, 6.45) is 6.10. The summed E-state index contributed by atoms with van der Waals surface area (Å²) in [5.41, 5.74) is 2.36. The van der Waals surface area contributed by atoms with E-state index in [2.05, 4.69) is 15.4 Å². The van der Waals surface area contributed by atoms with Crippen molar-refractivity contribution in [1.29, 1.82) is 0 Å². The average molecular weight is 338 g/mol. The molecule has 1 aliphatic carbocycles. The SMILES string of the molecule is Cn1ncc2c1CCC[C@H]2NC(=O)c1ccc(-c2ccco2)[nH]c1=O. The molecule has 0 radical (unpaired) electrons. The lowest BCUT2D eigenvalue weighted by Crippen LogP contribution is -2.34. The molecular formula is C18H18N4O3. The molecule has 25 heavy (non-hydrogen) atoms. The van der Waals surface area contributed by atoms with Gasteiger partial charge >= 0.3 is 0 Å². The smallest absolute Gasteiger partial charge is 0.261 e. The molecule has 128 valence electrons. The van der Waals surface area contributed by atoms with E-state index in [1.807, 2.05) is 11.7 Å². The molecule has 0 aliphatic heterocycles. The molecule has 2 N–H and O–H groups in total. The Morgan fingerprint density at radius 1 is 1.40 bits per heavy atom. The zero-order chi connectivity index (χ0) is 17.4. The summed E-state index contributed by atoms with van der Waals surface area (Å²) in [5.74, 6) is 0.172. The molecule has 0 unspecified atom stereocenters. The third-order valence-electron chi connectivity index (χ3n) is 4.62. The van der Waals surface area contributed by atoms with Gasteiger partial charge in [-0.1, -0.05) is 0 Å². The Kier molecular flexibility index (Phi) is 3.76. The lowest BCUT2D eigenvalue weighted by atomic mass is 9.93. The van der Waals surface area contributed by atoms with Crippen molar-refractivity contribution in [2.24, 2.45) is 7.05 Å². The Bertz CT molecular complexity index is 969. The van der Waals surface area contributed by atoms with Crippen LogP contribution in [0.25, 0.3) is 11.5 Å². The maximum atomic E-state index is 12.6. The standard InChI is InChI=1S/C18H18N4O3/c1-22-15-5-2-4-13(12(15)10-19-22)20-17(23)11-7-8-14(21-18(11)24)16-6-3-9-25-16/h3,6-10,13H,2,4-5H2,1H3,(H,20,23)(H,21,24)/t13-/m1/s1. The van der Waals surface area contributed by atoms with Crippen LogP contribution in [-0.2, 0) is 13.5 Å². The molecule has 1 aliphatic rings. The molecular weight excluding hydrogens is 320 g/mol. The average Bonchev–Trinajstić information content (AvgIpc) is 3.26. The van der Waals surface area contributed by atoms with Crippen molar-refractivity contribution in [2.75, 3.05) is 0 Å². The number of aryl methyl sites for hydroxylation is 1. The van der Waals surface area contributed by atoms with Crippen LogP contribution in [0.4, 0.5) is 0 Å². The number of aromatic amines is 1. The number of furan rings is 1. The van der Waals surface area contributed by atoms with Crippen LogP contribution in [-0.4, -0.2) is 20.7 Å². The highest BCUT2D eigenvalue weighted by Gasteiger charge is 2.25. The first-order valence-corrected chi connectivity index (χ1v) is 8.22.